The molecule has 0 unspecified atom stereocenters. The number of rotatable bonds is 4. The van der Waals surface area contributed by atoms with Crippen molar-refractivity contribution >= 4 is 5.82 Å². The molecule has 0 spiro atoms. The Morgan fingerprint density at radius 1 is 1.09 bits per heavy atom. The Morgan fingerprint density at radius 2 is 1.83 bits per heavy atom. The molecule has 3 rings (SSSR count). The number of aliphatic hydroxyl groups excluding tert-OH is 1. The summed E-state index contributed by atoms with van der Waals surface area (Å²) >= 11 is 0. The number of hydrogen-bond donors (Lipinski definition) is 2. The van der Waals surface area contributed by atoms with E-state index in [1.165, 1.54) is 12.3 Å². The SMILES string of the molecule is OC1CC([C@H](Nc2ncccc2C(F)(F)F)c2ccccn2)C1. The van der Waals surface area contributed by atoms with Crippen LogP contribution in [0.2, 0.25) is 0 Å². The third-order valence-electron chi connectivity index (χ3n) is 4.03. The zero-order chi connectivity index (χ0) is 16.4. The number of hydrogen-bond acceptors (Lipinski definition) is 4. The average molecular weight is 323 g/mol. The fourth-order valence-electron chi connectivity index (χ4n) is 2.79. The topological polar surface area (TPSA) is 58.0 Å². The van der Waals surface area contributed by atoms with Gasteiger partial charge in [-0.3, -0.25) is 4.98 Å². The van der Waals surface area contributed by atoms with Crippen molar-refractivity contribution in [3.8, 4) is 0 Å². The Hall–Kier alpha value is -2.15. The zero-order valence-electron chi connectivity index (χ0n) is 12.2. The summed E-state index contributed by atoms with van der Waals surface area (Å²) in [6.07, 6.45) is -0.904. The van der Waals surface area contributed by atoms with E-state index in [9.17, 15) is 18.3 Å². The highest BCUT2D eigenvalue weighted by atomic mass is 19.4. The van der Waals surface area contributed by atoms with Gasteiger partial charge in [-0.15, -0.1) is 0 Å². The van der Waals surface area contributed by atoms with Crippen LogP contribution in [-0.4, -0.2) is 21.2 Å². The van der Waals surface area contributed by atoms with Gasteiger partial charge < -0.3 is 10.4 Å². The molecule has 0 radical (unpaired) electrons. The maximum Gasteiger partial charge on any atom is 0.419 e. The highest BCUT2D eigenvalue weighted by molar-refractivity contribution is 5.47. The molecule has 122 valence electrons. The standard InChI is InChI=1S/C16H16F3N3O/c17-16(18,19)12-4-3-7-21-15(12)22-14(10-8-11(23)9-10)13-5-1-2-6-20-13/h1-7,10-11,14,23H,8-9H2,(H,21,22)/t10?,11?,14-/m0/s1. The minimum absolute atomic E-state index is 0.0167. The third kappa shape index (κ3) is 3.44. The lowest BCUT2D eigenvalue weighted by molar-refractivity contribution is -0.137. The first kappa shape index (κ1) is 15.7. The Labute approximate surface area is 131 Å². The lowest BCUT2D eigenvalue weighted by atomic mass is 9.76. The molecule has 23 heavy (non-hydrogen) atoms. The molecule has 1 fully saturated rings. The van der Waals surface area contributed by atoms with Gasteiger partial charge in [0.1, 0.15) is 5.82 Å². The summed E-state index contributed by atoms with van der Waals surface area (Å²) in [4.78, 5) is 8.09. The van der Waals surface area contributed by atoms with E-state index in [-0.39, 0.29) is 11.7 Å². The lowest BCUT2D eigenvalue weighted by Gasteiger charge is -2.38. The zero-order valence-corrected chi connectivity index (χ0v) is 12.2. The van der Waals surface area contributed by atoms with Gasteiger partial charge in [0.2, 0.25) is 0 Å². The molecule has 7 heteroatoms. The number of aliphatic hydroxyl groups is 1. The molecule has 4 nitrogen and oxygen atoms in total. The van der Waals surface area contributed by atoms with Crippen molar-refractivity contribution < 1.29 is 18.3 Å². The van der Waals surface area contributed by atoms with Crippen LogP contribution in [0.4, 0.5) is 19.0 Å². The van der Waals surface area contributed by atoms with Crippen LogP contribution >= 0.6 is 0 Å². The van der Waals surface area contributed by atoms with Gasteiger partial charge in [-0.1, -0.05) is 6.07 Å². The van der Waals surface area contributed by atoms with Crippen molar-refractivity contribution in [1.82, 2.24) is 9.97 Å². The van der Waals surface area contributed by atoms with Crippen LogP contribution in [-0.2, 0) is 6.18 Å². The number of nitrogens with zero attached hydrogens (tertiary/aromatic N) is 2. The lowest BCUT2D eigenvalue weighted by Crippen LogP contribution is -2.36. The third-order valence-corrected chi connectivity index (χ3v) is 4.03. The first-order valence-corrected chi connectivity index (χ1v) is 7.33. The highest BCUT2D eigenvalue weighted by Crippen LogP contribution is 2.41. The molecule has 0 aliphatic heterocycles. The number of halogens is 3. The summed E-state index contributed by atoms with van der Waals surface area (Å²) in [5.74, 6) is -0.194. The summed E-state index contributed by atoms with van der Waals surface area (Å²) in [7, 11) is 0. The van der Waals surface area contributed by atoms with E-state index in [1.807, 2.05) is 0 Å². The summed E-state index contributed by atoms with van der Waals surface area (Å²) in [6.45, 7) is 0. The van der Waals surface area contributed by atoms with Crippen molar-refractivity contribution in [2.24, 2.45) is 5.92 Å². The van der Waals surface area contributed by atoms with Crippen LogP contribution in [0.15, 0.2) is 42.7 Å². The van der Waals surface area contributed by atoms with Crippen molar-refractivity contribution in [3.63, 3.8) is 0 Å². The number of anilines is 1. The predicted molar refractivity (Wildman–Crippen MR) is 78.6 cm³/mol. The molecule has 1 saturated carbocycles. The molecule has 0 saturated heterocycles. The Balaban J connectivity index is 1.91. The molecule has 2 heterocycles. The molecule has 1 aliphatic carbocycles. The Morgan fingerprint density at radius 3 is 2.43 bits per heavy atom. The van der Waals surface area contributed by atoms with Gasteiger partial charge in [-0.25, -0.2) is 4.98 Å². The van der Waals surface area contributed by atoms with E-state index in [0.29, 0.717) is 18.5 Å². The Kier molecular flexibility index (Phi) is 4.21. The second-order valence-electron chi connectivity index (χ2n) is 5.66. The quantitative estimate of drug-likeness (QED) is 0.905. The maximum atomic E-state index is 13.1. The van der Waals surface area contributed by atoms with Crippen LogP contribution in [0.5, 0.6) is 0 Å². The molecule has 2 aromatic rings. The van der Waals surface area contributed by atoms with E-state index in [4.69, 9.17) is 0 Å². The van der Waals surface area contributed by atoms with E-state index < -0.39 is 23.9 Å². The second kappa shape index (κ2) is 6.16. The summed E-state index contributed by atoms with van der Waals surface area (Å²) in [5.41, 5.74) is -0.163. The molecular formula is C16H16F3N3O. The predicted octanol–water partition coefficient (Wildman–Crippen LogP) is 3.42. The van der Waals surface area contributed by atoms with Crippen molar-refractivity contribution in [3.05, 3.63) is 54.0 Å². The van der Waals surface area contributed by atoms with Gasteiger partial charge >= 0.3 is 6.18 Å². The van der Waals surface area contributed by atoms with Gasteiger partial charge in [0.05, 0.1) is 23.4 Å². The number of aromatic nitrogens is 2. The summed E-state index contributed by atoms with van der Waals surface area (Å²) in [6, 6.07) is 7.14. The van der Waals surface area contributed by atoms with Gasteiger partial charge in [-0.2, -0.15) is 13.2 Å². The fraction of sp³-hybridized carbons (Fsp3) is 0.375. The number of nitrogens with one attached hydrogen (secondary N) is 1. The van der Waals surface area contributed by atoms with Crippen LogP contribution in [0, 0.1) is 5.92 Å². The number of alkyl halides is 3. The van der Waals surface area contributed by atoms with Crippen molar-refractivity contribution in [2.45, 2.75) is 31.2 Å². The first-order chi connectivity index (χ1) is 10.9. The fourth-order valence-corrected chi connectivity index (χ4v) is 2.79. The summed E-state index contributed by atoms with van der Waals surface area (Å²) < 4.78 is 39.4. The van der Waals surface area contributed by atoms with Crippen LogP contribution in [0.25, 0.3) is 0 Å². The summed E-state index contributed by atoms with van der Waals surface area (Å²) in [5, 5.41) is 12.4. The first-order valence-electron chi connectivity index (χ1n) is 7.33. The minimum atomic E-state index is -4.48. The molecule has 2 N–H and O–H groups in total. The molecular weight excluding hydrogens is 307 g/mol. The smallest absolute Gasteiger partial charge is 0.393 e. The van der Waals surface area contributed by atoms with Crippen LogP contribution in [0.1, 0.15) is 30.1 Å². The van der Waals surface area contributed by atoms with E-state index >= 15 is 0 Å². The van der Waals surface area contributed by atoms with E-state index in [1.54, 1.807) is 24.4 Å². The van der Waals surface area contributed by atoms with Gasteiger partial charge in [0, 0.05) is 12.4 Å². The molecule has 0 aromatic carbocycles. The van der Waals surface area contributed by atoms with Crippen LogP contribution in [0.3, 0.4) is 0 Å². The molecule has 0 amide bonds. The van der Waals surface area contributed by atoms with Gasteiger partial charge in [0.15, 0.2) is 0 Å². The molecule has 2 aromatic heterocycles. The normalized spacial score (nSPS) is 22.3. The van der Waals surface area contributed by atoms with E-state index in [2.05, 4.69) is 15.3 Å². The van der Waals surface area contributed by atoms with Crippen molar-refractivity contribution in [1.29, 1.82) is 0 Å². The minimum Gasteiger partial charge on any atom is -0.393 e. The van der Waals surface area contributed by atoms with Crippen LogP contribution < -0.4 is 5.32 Å². The number of pyridine rings is 2. The second-order valence-corrected chi connectivity index (χ2v) is 5.66. The highest BCUT2D eigenvalue weighted by Gasteiger charge is 2.38. The van der Waals surface area contributed by atoms with Crippen molar-refractivity contribution in [2.75, 3.05) is 5.32 Å². The largest absolute Gasteiger partial charge is 0.419 e. The molecule has 1 aliphatic rings. The van der Waals surface area contributed by atoms with E-state index in [0.717, 1.165) is 6.07 Å². The molecule has 0 bridgehead atoms. The van der Waals surface area contributed by atoms with Gasteiger partial charge in [0.25, 0.3) is 0 Å². The Bertz CT molecular complexity index is 657. The molecule has 1 atom stereocenters. The van der Waals surface area contributed by atoms with Gasteiger partial charge in [-0.05, 0) is 43.0 Å². The maximum absolute atomic E-state index is 13.1. The monoisotopic (exact) mass is 323 g/mol. The average Bonchev–Trinajstić information content (AvgIpc) is 2.50.